The Hall–Kier alpha value is -2.32. The molecular formula is C18H22FN3O3S. The molecule has 140 valence electrons. The molecule has 8 heteroatoms. The van der Waals surface area contributed by atoms with Crippen LogP contribution in [-0.2, 0) is 9.53 Å². The number of thiazole rings is 1. The van der Waals surface area contributed by atoms with Crippen molar-refractivity contribution in [1.82, 2.24) is 9.88 Å². The normalized spacial score (nSPS) is 10.6. The molecular weight excluding hydrogens is 357 g/mol. The standard InChI is InChI=1S/C18H22FN3O3S/c1-12-13(2)26-18(20-12)21-16(23)11-22(9-4-10-25-3)17(24)14-5-7-15(19)8-6-14/h5-8H,4,9-11H2,1-3H3,(H,20,21,23). The molecule has 0 bridgehead atoms. The Morgan fingerprint density at radius 3 is 2.54 bits per heavy atom. The number of amides is 2. The first-order valence-electron chi connectivity index (χ1n) is 8.18. The summed E-state index contributed by atoms with van der Waals surface area (Å²) in [6.45, 7) is 4.51. The SMILES string of the molecule is COCCCN(CC(=O)Nc1nc(C)c(C)s1)C(=O)c1ccc(F)cc1. The highest BCUT2D eigenvalue weighted by atomic mass is 32.1. The fraction of sp³-hybridized carbons (Fsp3) is 0.389. The molecule has 2 aromatic rings. The lowest BCUT2D eigenvalue weighted by Crippen LogP contribution is -2.39. The second kappa shape index (κ2) is 9.40. The number of anilines is 1. The van der Waals surface area contributed by atoms with Crippen molar-refractivity contribution >= 4 is 28.3 Å². The van der Waals surface area contributed by atoms with Crippen LogP contribution in [0.5, 0.6) is 0 Å². The van der Waals surface area contributed by atoms with Gasteiger partial charge in [0.25, 0.3) is 5.91 Å². The summed E-state index contributed by atoms with van der Waals surface area (Å²) in [6.07, 6.45) is 0.589. The summed E-state index contributed by atoms with van der Waals surface area (Å²) in [5, 5.41) is 3.23. The summed E-state index contributed by atoms with van der Waals surface area (Å²) < 4.78 is 18.1. The van der Waals surface area contributed by atoms with E-state index in [4.69, 9.17) is 4.74 Å². The summed E-state index contributed by atoms with van der Waals surface area (Å²) in [4.78, 5) is 31.7. The van der Waals surface area contributed by atoms with Gasteiger partial charge in [-0.25, -0.2) is 9.37 Å². The molecule has 0 spiro atoms. The van der Waals surface area contributed by atoms with E-state index in [-0.39, 0.29) is 18.4 Å². The Morgan fingerprint density at radius 2 is 1.96 bits per heavy atom. The zero-order chi connectivity index (χ0) is 19.1. The van der Waals surface area contributed by atoms with E-state index in [9.17, 15) is 14.0 Å². The average Bonchev–Trinajstić information content (AvgIpc) is 2.91. The maximum absolute atomic E-state index is 13.1. The highest BCUT2D eigenvalue weighted by Crippen LogP contribution is 2.21. The molecule has 0 aliphatic carbocycles. The average molecular weight is 379 g/mol. The van der Waals surface area contributed by atoms with Gasteiger partial charge in [0.05, 0.1) is 5.69 Å². The number of hydrogen-bond donors (Lipinski definition) is 1. The first kappa shape index (κ1) is 20.0. The summed E-state index contributed by atoms with van der Waals surface area (Å²) in [5.41, 5.74) is 1.20. The quantitative estimate of drug-likeness (QED) is 0.716. The number of nitrogens with zero attached hydrogens (tertiary/aromatic N) is 2. The molecule has 2 rings (SSSR count). The lowest BCUT2D eigenvalue weighted by atomic mass is 10.2. The minimum absolute atomic E-state index is 0.113. The summed E-state index contributed by atoms with van der Waals surface area (Å²) in [7, 11) is 1.58. The van der Waals surface area contributed by atoms with E-state index in [1.165, 1.54) is 40.5 Å². The molecule has 0 saturated carbocycles. The van der Waals surface area contributed by atoms with Crippen LogP contribution in [0.25, 0.3) is 0 Å². The van der Waals surface area contributed by atoms with Crippen LogP contribution < -0.4 is 5.32 Å². The van der Waals surface area contributed by atoms with Crippen molar-refractivity contribution in [2.45, 2.75) is 20.3 Å². The predicted octanol–water partition coefficient (Wildman–Crippen LogP) is 3.02. The van der Waals surface area contributed by atoms with Gasteiger partial charge in [-0.05, 0) is 44.5 Å². The fourth-order valence-corrected chi connectivity index (χ4v) is 3.12. The third kappa shape index (κ3) is 5.60. The molecule has 1 heterocycles. The van der Waals surface area contributed by atoms with E-state index in [0.717, 1.165) is 10.6 Å². The number of nitrogens with one attached hydrogen (secondary N) is 1. The molecule has 2 amide bonds. The van der Waals surface area contributed by atoms with Crippen molar-refractivity contribution in [3.8, 4) is 0 Å². The second-order valence-electron chi connectivity index (χ2n) is 5.79. The van der Waals surface area contributed by atoms with E-state index < -0.39 is 5.82 Å². The van der Waals surface area contributed by atoms with Gasteiger partial charge in [0.1, 0.15) is 12.4 Å². The Morgan fingerprint density at radius 1 is 1.27 bits per heavy atom. The Bertz CT molecular complexity index is 742. The molecule has 1 N–H and O–H groups in total. The Kier molecular flexibility index (Phi) is 7.23. The zero-order valence-electron chi connectivity index (χ0n) is 15.0. The predicted molar refractivity (Wildman–Crippen MR) is 99.0 cm³/mol. The molecule has 0 unspecified atom stereocenters. The minimum atomic E-state index is -0.417. The van der Waals surface area contributed by atoms with E-state index in [0.29, 0.717) is 30.3 Å². The number of ether oxygens (including phenoxy) is 1. The van der Waals surface area contributed by atoms with Gasteiger partial charge >= 0.3 is 0 Å². The minimum Gasteiger partial charge on any atom is -0.385 e. The number of methoxy groups -OCH3 is 1. The molecule has 1 aromatic carbocycles. The molecule has 0 radical (unpaired) electrons. The molecule has 0 atom stereocenters. The van der Waals surface area contributed by atoms with Crippen molar-refractivity contribution in [3.05, 3.63) is 46.2 Å². The number of carbonyl (C=O) groups is 2. The Labute approximate surface area is 156 Å². The van der Waals surface area contributed by atoms with Gasteiger partial charge in [-0.1, -0.05) is 0 Å². The summed E-state index contributed by atoms with van der Waals surface area (Å²) in [5.74, 6) is -1.07. The molecule has 0 fully saturated rings. The molecule has 0 saturated heterocycles. The lowest BCUT2D eigenvalue weighted by molar-refractivity contribution is -0.116. The smallest absolute Gasteiger partial charge is 0.254 e. The monoisotopic (exact) mass is 379 g/mol. The Balaban J connectivity index is 2.06. The van der Waals surface area contributed by atoms with Gasteiger partial charge in [-0.2, -0.15) is 0 Å². The van der Waals surface area contributed by atoms with Crippen molar-refractivity contribution in [3.63, 3.8) is 0 Å². The van der Waals surface area contributed by atoms with E-state index >= 15 is 0 Å². The van der Waals surface area contributed by atoms with Crippen molar-refractivity contribution in [2.75, 3.05) is 32.1 Å². The maximum Gasteiger partial charge on any atom is 0.254 e. The van der Waals surface area contributed by atoms with Crippen molar-refractivity contribution in [2.24, 2.45) is 0 Å². The number of aryl methyl sites for hydroxylation is 2. The van der Waals surface area contributed by atoms with Gasteiger partial charge in [-0.3, -0.25) is 9.59 Å². The first-order chi connectivity index (χ1) is 12.4. The van der Waals surface area contributed by atoms with Crippen LogP contribution in [0.3, 0.4) is 0 Å². The molecule has 0 aliphatic heterocycles. The fourth-order valence-electron chi connectivity index (χ4n) is 2.29. The number of halogens is 1. The third-order valence-electron chi connectivity index (χ3n) is 3.76. The van der Waals surface area contributed by atoms with E-state index in [2.05, 4.69) is 10.3 Å². The van der Waals surface area contributed by atoms with E-state index in [1.54, 1.807) is 7.11 Å². The topological polar surface area (TPSA) is 71.5 Å². The zero-order valence-corrected chi connectivity index (χ0v) is 15.9. The number of hydrogen-bond acceptors (Lipinski definition) is 5. The molecule has 0 aliphatic rings. The van der Waals surface area contributed by atoms with Crippen LogP contribution in [-0.4, -0.2) is 48.5 Å². The van der Waals surface area contributed by atoms with Gasteiger partial charge in [0, 0.05) is 30.7 Å². The van der Waals surface area contributed by atoms with Gasteiger partial charge < -0.3 is 15.0 Å². The summed E-state index contributed by atoms with van der Waals surface area (Å²) in [6, 6.07) is 5.27. The van der Waals surface area contributed by atoms with Crippen LogP contribution >= 0.6 is 11.3 Å². The second-order valence-corrected chi connectivity index (χ2v) is 6.99. The molecule has 6 nitrogen and oxygen atoms in total. The first-order valence-corrected chi connectivity index (χ1v) is 9.00. The number of carbonyl (C=O) groups excluding carboxylic acids is 2. The van der Waals surface area contributed by atoms with Crippen molar-refractivity contribution in [1.29, 1.82) is 0 Å². The third-order valence-corrected chi connectivity index (χ3v) is 4.75. The van der Waals surface area contributed by atoms with Crippen LogP contribution in [0, 0.1) is 19.7 Å². The van der Waals surface area contributed by atoms with Crippen LogP contribution in [0.4, 0.5) is 9.52 Å². The number of aromatic nitrogens is 1. The molecule has 26 heavy (non-hydrogen) atoms. The van der Waals surface area contributed by atoms with Gasteiger partial charge in [0.15, 0.2) is 5.13 Å². The highest BCUT2D eigenvalue weighted by Gasteiger charge is 2.19. The van der Waals surface area contributed by atoms with E-state index in [1.807, 2.05) is 13.8 Å². The van der Waals surface area contributed by atoms with Crippen LogP contribution in [0.15, 0.2) is 24.3 Å². The van der Waals surface area contributed by atoms with Crippen LogP contribution in [0.2, 0.25) is 0 Å². The number of benzene rings is 1. The largest absolute Gasteiger partial charge is 0.385 e. The summed E-state index contributed by atoms with van der Waals surface area (Å²) >= 11 is 1.39. The van der Waals surface area contributed by atoms with Crippen molar-refractivity contribution < 1.29 is 18.7 Å². The van der Waals surface area contributed by atoms with Gasteiger partial charge in [-0.15, -0.1) is 11.3 Å². The highest BCUT2D eigenvalue weighted by molar-refractivity contribution is 7.15. The lowest BCUT2D eigenvalue weighted by Gasteiger charge is -2.22. The van der Waals surface area contributed by atoms with Gasteiger partial charge in [0.2, 0.25) is 5.91 Å². The number of rotatable bonds is 8. The molecule has 1 aromatic heterocycles. The van der Waals surface area contributed by atoms with Crippen LogP contribution in [0.1, 0.15) is 27.3 Å². The maximum atomic E-state index is 13.1.